The van der Waals surface area contributed by atoms with E-state index in [1.165, 1.54) is 0 Å². The molecule has 0 aromatic heterocycles. The lowest BCUT2D eigenvalue weighted by molar-refractivity contribution is -0.123. The summed E-state index contributed by atoms with van der Waals surface area (Å²) in [6.07, 6.45) is 1.60. The van der Waals surface area contributed by atoms with Gasteiger partial charge in [0.05, 0.1) is 0 Å². The first-order valence-electron chi connectivity index (χ1n) is 3.62. The average molecular weight is 155 g/mol. The number of carbonyl (C=O) groups excluding carboxylic acids is 1. The third-order valence-corrected chi connectivity index (χ3v) is 1.33. The molecule has 0 fully saturated rings. The topological polar surface area (TPSA) is 64.9 Å². The zero-order chi connectivity index (χ0) is 8.69. The summed E-state index contributed by atoms with van der Waals surface area (Å²) < 4.78 is 0. The van der Waals surface area contributed by atoms with Crippen LogP contribution >= 0.6 is 0 Å². The highest BCUT2D eigenvalue weighted by molar-refractivity contribution is 5.79. The second kappa shape index (κ2) is 5.69. The molecule has 4 heteroatoms. The molecule has 0 radical (unpaired) electrons. The van der Waals surface area contributed by atoms with E-state index in [9.17, 15) is 4.79 Å². The van der Waals surface area contributed by atoms with Gasteiger partial charge >= 0.3 is 0 Å². The number of nitrogens with one attached hydrogen (secondary N) is 2. The molecule has 1 atom stereocenters. The number of hydrogen-bond donors (Lipinski definition) is 2. The van der Waals surface area contributed by atoms with Crippen LogP contribution in [-0.4, -0.2) is 19.0 Å². The van der Waals surface area contributed by atoms with Crippen molar-refractivity contribution in [2.75, 3.05) is 13.1 Å². The van der Waals surface area contributed by atoms with Gasteiger partial charge in [-0.05, 0) is 6.54 Å². The molecule has 1 unspecified atom stereocenters. The number of amides is 1. The number of hydrogen-bond acceptors (Lipinski definition) is 3. The number of nitriles is 1. The van der Waals surface area contributed by atoms with Crippen LogP contribution in [0.1, 0.15) is 13.8 Å². The van der Waals surface area contributed by atoms with Gasteiger partial charge in [-0.15, -0.1) is 0 Å². The minimum Gasteiger partial charge on any atom is -0.316 e. The summed E-state index contributed by atoms with van der Waals surface area (Å²) in [5.74, 6) is -0.372. The van der Waals surface area contributed by atoms with Crippen molar-refractivity contribution in [1.29, 1.82) is 5.26 Å². The smallest absolute Gasteiger partial charge is 0.237 e. The Balaban J connectivity index is 3.57. The van der Waals surface area contributed by atoms with Crippen molar-refractivity contribution in [3.05, 3.63) is 0 Å². The molecule has 0 bridgehead atoms. The third-order valence-electron chi connectivity index (χ3n) is 1.33. The Morgan fingerprint density at radius 1 is 1.73 bits per heavy atom. The van der Waals surface area contributed by atoms with E-state index in [1.807, 2.05) is 6.92 Å². The Hall–Kier alpha value is -1.08. The maximum atomic E-state index is 10.9. The van der Waals surface area contributed by atoms with Gasteiger partial charge in [0.15, 0.2) is 6.19 Å². The van der Waals surface area contributed by atoms with E-state index in [4.69, 9.17) is 5.26 Å². The van der Waals surface area contributed by atoms with Crippen molar-refractivity contribution in [1.82, 2.24) is 10.6 Å². The molecule has 2 N–H and O–H groups in total. The van der Waals surface area contributed by atoms with Gasteiger partial charge in [-0.3, -0.25) is 10.1 Å². The molecular weight excluding hydrogens is 142 g/mol. The van der Waals surface area contributed by atoms with Gasteiger partial charge in [-0.2, -0.15) is 5.26 Å². The Morgan fingerprint density at radius 2 is 2.36 bits per heavy atom. The third kappa shape index (κ3) is 4.34. The van der Waals surface area contributed by atoms with E-state index in [-0.39, 0.29) is 11.8 Å². The fraction of sp³-hybridized carbons (Fsp3) is 0.714. The zero-order valence-corrected chi connectivity index (χ0v) is 6.85. The van der Waals surface area contributed by atoms with Crippen LogP contribution in [0, 0.1) is 17.4 Å². The quantitative estimate of drug-likeness (QED) is 0.437. The molecule has 0 spiro atoms. The van der Waals surface area contributed by atoms with Crippen LogP contribution in [0.2, 0.25) is 0 Å². The summed E-state index contributed by atoms with van der Waals surface area (Å²) in [6.45, 7) is 5.19. The standard InChI is InChI=1S/C7H13N3O/c1-3-9-4-6(2)7(11)10-5-8/h6,9H,3-4H2,1-2H3,(H,10,11). The van der Waals surface area contributed by atoms with Gasteiger partial charge in [0.25, 0.3) is 0 Å². The van der Waals surface area contributed by atoms with Crippen LogP contribution in [0.5, 0.6) is 0 Å². The summed E-state index contributed by atoms with van der Waals surface area (Å²) in [6, 6.07) is 0. The average Bonchev–Trinajstić information content (AvgIpc) is 2.00. The normalized spacial score (nSPS) is 11.7. The predicted molar refractivity (Wildman–Crippen MR) is 41.5 cm³/mol. The molecule has 0 saturated carbocycles. The Morgan fingerprint density at radius 3 is 2.82 bits per heavy atom. The molecule has 4 nitrogen and oxygen atoms in total. The fourth-order valence-electron chi connectivity index (χ4n) is 0.632. The molecule has 1 amide bonds. The molecule has 0 rings (SSSR count). The number of nitrogens with zero attached hydrogens (tertiary/aromatic N) is 1. The molecule has 62 valence electrons. The molecule has 0 aliphatic rings. The van der Waals surface area contributed by atoms with Crippen molar-refractivity contribution >= 4 is 5.91 Å². The van der Waals surface area contributed by atoms with Crippen LogP contribution in [-0.2, 0) is 4.79 Å². The SMILES string of the molecule is CCNCC(C)C(=O)NC#N. The van der Waals surface area contributed by atoms with Crippen molar-refractivity contribution in [2.24, 2.45) is 5.92 Å². The van der Waals surface area contributed by atoms with E-state index in [2.05, 4.69) is 10.6 Å². The van der Waals surface area contributed by atoms with Crippen LogP contribution in [0.3, 0.4) is 0 Å². The van der Waals surface area contributed by atoms with E-state index in [0.29, 0.717) is 6.54 Å². The van der Waals surface area contributed by atoms with Gasteiger partial charge in [0.1, 0.15) is 0 Å². The molecule has 0 saturated heterocycles. The highest BCUT2D eigenvalue weighted by Crippen LogP contribution is 1.90. The zero-order valence-electron chi connectivity index (χ0n) is 6.85. The van der Waals surface area contributed by atoms with E-state index in [1.54, 1.807) is 13.1 Å². The second-order valence-corrected chi connectivity index (χ2v) is 2.31. The van der Waals surface area contributed by atoms with Crippen LogP contribution in [0.25, 0.3) is 0 Å². The van der Waals surface area contributed by atoms with Crippen molar-refractivity contribution in [3.8, 4) is 6.19 Å². The minimum atomic E-state index is -0.228. The second-order valence-electron chi connectivity index (χ2n) is 2.31. The predicted octanol–water partition coefficient (Wildman–Crippen LogP) is -0.171. The number of carbonyl (C=O) groups is 1. The summed E-state index contributed by atoms with van der Waals surface area (Å²) in [5, 5.41) is 13.2. The van der Waals surface area contributed by atoms with Crippen molar-refractivity contribution in [3.63, 3.8) is 0 Å². The highest BCUT2D eigenvalue weighted by atomic mass is 16.1. The lowest BCUT2D eigenvalue weighted by Gasteiger charge is -2.07. The molecule has 0 aliphatic carbocycles. The van der Waals surface area contributed by atoms with E-state index >= 15 is 0 Å². The summed E-state index contributed by atoms with van der Waals surface area (Å²) in [7, 11) is 0. The Labute approximate surface area is 66.6 Å². The lowest BCUT2D eigenvalue weighted by atomic mass is 10.1. The summed E-state index contributed by atoms with van der Waals surface area (Å²) >= 11 is 0. The first kappa shape index (κ1) is 9.92. The first-order chi connectivity index (χ1) is 5.22. The van der Waals surface area contributed by atoms with Crippen molar-refractivity contribution < 1.29 is 4.79 Å². The maximum absolute atomic E-state index is 10.9. The molecule has 0 aromatic carbocycles. The molecule has 11 heavy (non-hydrogen) atoms. The van der Waals surface area contributed by atoms with Crippen LogP contribution in [0.4, 0.5) is 0 Å². The van der Waals surface area contributed by atoms with Gasteiger partial charge in [0, 0.05) is 12.5 Å². The largest absolute Gasteiger partial charge is 0.316 e. The summed E-state index contributed by atoms with van der Waals surface area (Å²) in [5.41, 5.74) is 0. The Kier molecular flexibility index (Phi) is 5.13. The lowest BCUT2D eigenvalue weighted by Crippen LogP contribution is -2.32. The number of rotatable bonds is 4. The van der Waals surface area contributed by atoms with Crippen LogP contribution < -0.4 is 10.6 Å². The Bertz CT molecular complexity index is 162. The monoisotopic (exact) mass is 155 g/mol. The van der Waals surface area contributed by atoms with E-state index < -0.39 is 0 Å². The molecular formula is C7H13N3O. The first-order valence-corrected chi connectivity index (χ1v) is 3.62. The van der Waals surface area contributed by atoms with Gasteiger partial charge < -0.3 is 5.32 Å². The minimum absolute atomic E-state index is 0.144. The maximum Gasteiger partial charge on any atom is 0.237 e. The van der Waals surface area contributed by atoms with E-state index in [0.717, 1.165) is 6.54 Å². The van der Waals surface area contributed by atoms with Crippen LogP contribution in [0.15, 0.2) is 0 Å². The fourth-order valence-corrected chi connectivity index (χ4v) is 0.632. The highest BCUT2D eigenvalue weighted by Gasteiger charge is 2.10. The van der Waals surface area contributed by atoms with Gasteiger partial charge in [0.2, 0.25) is 5.91 Å². The summed E-state index contributed by atoms with van der Waals surface area (Å²) in [4.78, 5) is 10.9. The van der Waals surface area contributed by atoms with Gasteiger partial charge in [-0.25, -0.2) is 0 Å². The van der Waals surface area contributed by atoms with Gasteiger partial charge in [-0.1, -0.05) is 13.8 Å². The molecule has 0 aliphatic heterocycles. The molecule has 0 aromatic rings. The molecule has 0 heterocycles. The van der Waals surface area contributed by atoms with Crippen molar-refractivity contribution in [2.45, 2.75) is 13.8 Å².